The molecule has 1 aromatic heterocycles. The van der Waals surface area contributed by atoms with Crippen LogP contribution in [-0.4, -0.2) is 45.0 Å². The van der Waals surface area contributed by atoms with Crippen molar-refractivity contribution < 1.29 is 13.6 Å². The van der Waals surface area contributed by atoms with Crippen molar-refractivity contribution in [2.75, 3.05) is 17.7 Å². The summed E-state index contributed by atoms with van der Waals surface area (Å²) < 4.78 is 21.5. The molecule has 3 atom stereocenters. The van der Waals surface area contributed by atoms with Crippen LogP contribution >= 0.6 is 0 Å². The molecule has 8 nitrogen and oxygen atoms in total. The van der Waals surface area contributed by atoms with E-state index in [1.54, 1.807) is 10.8 Å². The molecule has 0 aliphatic carbocycles. The second-order valence-corrected chi connectivity index (χ2v) is 24.2. The van der Waals surface area contributed by atoms with E-state index in [1.165, 1.54) is 0 Å². The van der Waals surface area contributed by atoms with Gasteiger partial charge in [0, 0.05) is 30.2 Å². The lowest BCUT2D eigenvalue weighted by Gasteiger charge is -2.40. The first-order valence-electron chi connectivity index (χ1n) is 15.0. The zero-order valence-corrected chi connectivity index (χ0v) is 29.1. The Morgan fingerprint density at radius 1 is 1.02 bits per heavy atom. The van der Waals surface area contributed by atoms with Gasteiger partial charge in [-0.1, -0.05) is 65.8 Å². The number of hydrogen-bond donors (Lipinski definition) is 2. The maximum atomic E-state index is 13.2. The first kappa shape index (κ1) is 32.4. The maximum Gasteiger partial charge on any atom is 0.351 e. The molecule has 0 amide bonds. The second kappa shape index (κ2) is 11.9. The van der Waals surface area contributed by atoms with Gasteiger partial charge in [0.05, 0.1) is 12.7 Å². The fourth-order valence-electron chi connectivity index (χ4n) is 4.58. The number of nitrogen functional groups attached to an aromatic ring is 1. The van der Waals surface area contributed by atoms with Crippen molar-refractivity contribution in [3.63, 3.8) is 0 Å². The number of anilines is 2. The zero-order valence-electron chi connectivity index (χ0n) is 27.1. The highest BCUT2D eigenvalue weighted by Gasteiger charge is 2.46. The average Bonchev–Trinajstić information content (AvgIpc) is 3.27. The minimum Gasteiger partial charge on any atom is -0.414 e. The molecule has 4 rings (SSSR count). The van der Waals surface area contributed by atoms with Crippen LogP contribution in [0, 0.1) is 0 Å². The topological polar surface area (TPSA) is 101 Å². The molecular formula is C32H50N4O4Si2. The van der Waals surface area contributed by atoms with Gasteiger partial charge in [-0.25, -0.2) is 4.79 Å². The van der Waals surface area contributed by atoms with Crippen molar-refractivity contribution in [1.29, 1.82) is 0 Å². The van der Waals surface area contributed by atoms with Crippen LogP contribution in [0.3, 0.4) is 0 Å². The van der Waals surface area contributed by atoms with Gasteiger partial charge in [-0.2, -0.15) is 4.98 Å². The lowest BCUT2D eigenvalue weighted by Crippen LogP contribution is -2.48. The van der Waals surface area contributed by atoms with E-state index in [0.717, 1.165) is 22.0 Å². The van der Waals surface area contributed by atoms with Crippen LogP contribution in [0.25, 0.3) is 10.8 Å². The Labute approximate surface area is 253 Å². The van der Waals surface area contributed by atoms with E-state index >= 15 is 0 Å². The minimum atomic E-state index is -2.09. The maximum absolute atomic E-state index is 13.2. The van der Waals surface area contributed by atoms with Crippen LogP contribution in [-0.2, 0) is 20.1 Å². The minimum absolute atomic E-state index is 0.0540. The van der Waals surface area contributed by atoms with Crippen molar-refractivity contribution >= 4 is 38.9 Å². The zero-order chi connectivity index (χ0) is 31.1. The van der Waals surface area contributed by atoms with Crippen LogP contribution in [0.2, 0.25) is 36.3 Å². The normalized spacial score (nSPS) is 20.3. The Kier molecular flexibility index (Phi) is 9.17. The Bertz CT molecular complexity index is 1460. The molecule has 1 fully saturated rings. The summed E-state index contributed by atoms with van der Waals surface area (Å²) in [5.41, 5.74) is 7.61. The van der Waals surface area contributed by atoms with Crippen LogP contribution in [0.4, 0.5) is 11.5 Å². The Balaban J connectivity index is 1.49. The van der Waals surface area contributed by atoms with E-state index in [9.17, 15) is 4.79 Å². The Morgan fingerprint density at radius 3 is 2.36 bits per heavy atom. The molecule has 2 heterocycles. The molecule has 1 aliphatic rings. The van der Waals surface area contributed by atoms with Gasteiger partial charge in [0.1, 0.15) is 18.1 Å². The molecule has 0 radical (unpaired) electrons. The number of nitrogens with two attached hydrogens (primary N) is 1. The van der Waals surface area contributed by atoms with Gasteiger partial charge in [-0.3, -0.25) is 4.57 Å². The molecule has 3 aromatic rings. The molecule has 0 bridgehead atoms. The molecule has 1 saturated heterocycles. The van der Waals surface area contributed by atoms with Gasteiger partial charge in [0.25, 0.3) is 0 Å². The third-order valence-corrected chi connectivity index (χ3v) is 18.4. The number of ether oxygens (including phenoxy) is 1. The van der Waals surface area contributed by atoms with Gasteiger partial charge in [0.15, 0.2) is 16.6 Å². The lowest BCUT2D eigenvalue weighted by molar-refractivity contribution is -0.0411. The second-order valence-electron chi connectivity index (χ2n) is 14.6. The van der Waals surface area contributed by atoms with E-state index in [4.69, 9.17) is 19.3 Å². The van der Waals surface area contributed by atoms with E-state index in [2.05, 4.69) is 96.2 Å². The molecular weight excluding hydrogens is 561 g/mol. The SMILES string of the molecule is CC(C)(C)[Si](C)(C)OC[C@H]1O[C@@H](n2ccc(NCc3ccc4cccc(N)c4c3)nc2=O)C[C@@H]1O[Si](C)(C)C(C)(C)C. The molecule has 10 heteroatoms. The highest BCUT2D eigenvalue weighted by Crippen LogP contribution is 2.42. The van der Waals surface area contributed by atoms with E-state index in [0.29, 0.717) is 25.4 Å². The van der Waals surface area contributed by atoms with E-state index < -0.39 is 22.9 Å². The molecule has 230 valence electrons. The monoisotopic (exact) mass is 610 g/mol. The summed E-state index contributed by atoms with van der Waals surface area (Å²) >= 11 is 0. The number of nitrogens with one attached hydrogen (secondary N) is 1. The molecule has 0 unspecified atom stereocenters. The standard InChI is InChI=1S/C32H50N4O4Si2/c1-31(2,3)41(7,8)38-21-27-26(40-42(9,10)32(4,5)6)19-29(39-27)36-17-16-28(35-30(36)37)34-20-22-14-15-23-12-11-13-25(33)24(23)18-22/h11-18,26-27,29H,19-21,33H2,1-10H3,(H,34,35,37)/t26-,27+,29+/m0/s1. The summed E-state index contributed by atoms with van der Waals surface area (Å²) in [5, 5.41) is 5.53. The largest absolute Gasteiger partial charge is 0.414 e. The fraction of sp³-hybridized carbons (Fsp3) is 0.562. The lowest BCUT2D eigenvalue weighted by atomic mass is 10.1. The van der Waals surface area contributed by atoms with Gasteiger partial charge in [-0.05, 0) is 65.4 Å². The summed E-state index contributed by atoms with van der Waals surface area (Å²) in [4.78, 5) is 17.6. The quantitative estimate of drug-likeness (QED) is 0.194. The summed E-state index contributed by atoms with van der Waals surface area (Å²) in [6.07, 6.45) is 1.45. The first-order valence-corrected chi connectivity index (χ1v) is 20.8. The van der Waals surface area contributed by atoms with Gasteiger partial charge < -0.3 is 24.6 Å². The number of rotatable bonds is 9. The van der Waals surface area contributed by atoms with Gasteiger partial charge >= 0.3 is 5.69 Å². The molecule has 3 N–H and O–H groups in total. The summed E-state index contributed by atoms with van der Waals surface area (Å²) in [5.74, 6) is 0.516. The molecule has 1 aliphatic heterocycles. The van der Waals surface area contributed by atoms with Crippen LogP contribution in [0.5, 0.6) is 0 Å². The van der Waals surface area contributed by atoms with Crippen molar-refractivity contribution in [2.45, 2.75) is 109 Å². The fourth-order valence-corrected chi connectivity index (χ4v) is 6.96. The number of aromatic nitrogens is 2. The van der Waals surface area contributed by atoms with Crippen LogP contribution in [0.1, 0.15) is 59.8 Å². The van der Waals surface area contributed by atoms with E-state index in [1.807, 2.05) is 24.3 Å². The predicted octanol–water partition coefficient (Wildman–Crippen LogP) is 7.29. The Hall–Kier alpha value is -2.51. The molecule has 42 heavy (non-hydrogen) atoms. The molecule has 0 spiro atoms. The predicted molar refractivity (Wildman–Crippen MR) is 178 cm³/mol. The highest BCUT2D eigenvalue weighted by molar-refractivity contribution is 6.74. The molecule has 2 aromatic carbocycles. The Morgan fingerprint density at radius 2 is 1.71 bits per heavy atom. The smallest absolute Gasteiger partial charge is 0.351 e. The molecule has 0 saturated carbocycles. The van der Waals surface area contributed by atoms with Crippen LogP contribution < -0.4 is 16.7 Å². The number of benzene rings is 2. The summed E-state index contributed by atoms with van der Waals surface area (Å²) in [6, 6.07) is 13.9. The third kappa shape index (κ3) is 7.16. The summed E-state index contributed by atoms with van der Waals surface area (Å²) in [6.45, 7) is 23.4. The van der Waals surface area contributed by atoms with Crippen molar-refractivity contribution in [3.8, 4) is 0 Å². The number of hydrogen-bond acceptors (Lipinski definition) is 7. The van der Waals surface area contributed by atoms with Crippen molar-refractivity contribution in [2.24, 2.45) is 0 Å². The van der Waals surface area contributed by atoms with Gasteiger partial charge in [0.2, 0.25) is 0 Å². The number of fused-ring (bicyclic) bond motifs is 1. The van der Waals surface area contributed by atoms with Crippen molar-refractivity contribution in [3.05, 3.63) is 64.7 Å². The van der Waals surface area contributed by atoms with E-state index in [-0.39, 0.29) is 28.0 Å². The number of nitrogens with zero attached hydrogens (tertiary/aromatic N) is 2. The van der Waals surface area contributed by atoms with Crippen LogP contribution in [0.15, 0.2) is 53.5 Å². The highest BCUT2D eigenvalue weighted by atomic mass is 28.4. The van der Waals surface area contributed by atoms with Crippen molar-refractivity contribution in [1.82, 2.24) is 9.55 Å². The van der Waals surface area contributed by atoms with Gasteiger partial charge in [-0.15, -0.1) is 0 Å². The summed E-state index contributed by atoms with van der Waals surface area (Å²) in [7, 11) is -4.08. The third-order valence-electron chi connectivity index (χ3n) is 9.44. The first-order chi connectivity index (χ1) is 19.4. The average molecular weight is 611 g/mol.